The van der Waals surface area contributed by atoms with E-state index in [4.69, 9.17) is 0 Å². The van der Waals surface area contributed by atoms with Crippen LogP contribution >= 0.6 is 0 Å². The average molecular weight is 1420 g/mol. The molecule has 14 aromatic carbocycles. The maximum absolute atomic E-state index is 2.72. The highest BCUT2D eigenvalue weighted by molar-refractivity contribution is 7.00. The minimum atomic E-state index is -0.553. The molecule has 0 saturated heterocycles. The quantitative estimate of drug-likeness (QED) is 0.154. The van der Waals surface area contributed by atoms with Crippen LogP contribution in [0.4, 0.5) is 34.1 Å². The molecule has 110 heavy (non-hydrogen) atoms. The van der Waals surface area contributed by atoms with E-state index in [0.717, 1.165) is 34.1 Å². The van der Waals surface area contributed by atoms with Crippen molar-refractivity contribution in [2.45, 2.75) is 136 Å². The topological polar surface area (TPSA) is 16.3 Å². The lowest BCUT2D eigenvalue weighted by Gasteiger charge is -2.46. The number of benzene rings is 14. The van der Waals surface area contributed by atoms with Crippen LogP contribution in [-0.4, -0.2) is 15.8 Å². The molecule has 4 heterocycles. The highest BCUT2D eigenvalue weighted by Gasteiger charge is 2.53. The fourth-order valence-corrected chi connectivity index (χ4v) is 19.5. The van der Waals surface area contributed by atoms with Crippen molar-refractivity contribution in [2.75, 3.05) is 9.80 Å². The molecule has 4 aliphatic rings. The van der Waals surface area contributed by atoms with E-state index in [-0.39, 0.29) is 33.8 Å². The summed E-state index contributed by atoms with van der Waals surface area (Å²) >= 11 is 0. The summed E-state index contributed by atoms with van der Waals surface area (Å²) in [7, 11) is 0. The van der Waals surface area contributed by atoms with E-state index >= 15 is 0 Å². The lowest BCUT2D eigenvalue weighted by atomic mass is 9.33. The molecule has 536 valence electrons. The van der Waals surface area contributed by atoms with Gasteiger partial charge in [-0.3, -0.25) is 0 Å². The van der Waals surface area contributed by atoms with E-state index in [1.54, 1.807) is 0 Å². The first-order chi connectivity index (χ1) is 52.7. The van der Waals surface area contributed by atoms with Gasteiger partial charge in [0.2, 0.25) is 0 Å². The molecule has 16 aromatic rings. The molecule has 2 aromatic heterocycles. The average Bonchev–Trinajstić information content (AvgIpc) is 1.49. The van der Waals surface area contributed by atoms with Gasteiger partial charge in [-0.25, -0.2) is 0 Å². The van der Waals surface area contributed by atoms with Crippen LogP contribution in [0.1, 0.15) is 154 Å². The fourth-order valence-electron chi connectivity index (χ4n) is 19.5. The number of hydrogen-bond acceptors (Lipinski definition) is 2. The molecule has 0 atom stereocenters. The second kappa shape index (κ2) is 23.7. The van der Waals surface area contributed by atoms with Crippen molar-refractivity contribution in [1.29, 1.82) is 0 Å². The summed E-state index contributed by atoms with van der Waals surface area (Å²) in [6.45, 7) is 35.1. The summed E-state index contributed by atoms with van der Waals surface area (Å²) in [6.07, 6.45) is 0. The minimum absolute atomic E-state index is 0.0208. The number of para-hydroxylation sites is 3. The highest BCUT2D eigenvalue weighted by Crippen LogP contribution is 2.65. The van der Waals surface area contributed by atoms with Crippen molar-refractivity contribution in [1.82, 2.24) is 9.13 Å². The number of anilines is 6. The summed E-state index contributed by atoms with van der Waals surface area (Å²) in [5, 5.41) is 5.01. The van der Waals surface area contributed by atoms with Crippen molar-refractivity contribution >= 4 is 101 Å². The first-order valence-corrected chi connectivity index (χ1v) is 39.7. The van der Waals surface area contributed by atoms with Gasteiger partial charge < -0.3 is 18.9 Å². The fraction of sp³-hybridized carbons (Fsp3) is 0.200. The molecule has 5 heteroatoms. The number of aromatic nitrogens is 2. The van der Waals surface area contributed by atoms with Gasteiger partial charge in [0.1, 0.15) is 0 Å². The molecule has 0 amide bonds. The maximum atomic E-state index is 2.72. The molecule has 20 rings (SSSR count). The Morgan fingerprint density at radius 1 is 0.255 bits per heavy atom. The van der Waals surface area contributed by atoms with Crippen molar-refractivity contribution in [2.24, 2.45) is 0 Å². The van der Waals surface area contributed by atoms with E-state index in [9.17, 15) is 0 Å². The van der Waals surface area contributed by atoms with Crippen LogP contribution < -0.4 is 26.2 Å². The van der Waals surface area contributed by atoms with Crippen molar-refractivity contribution in [3.8, 4) is 55.9 Å². The van der Waals surface area contributed by atoms with E-state index in [1.165, 1.54) is 166 Å². The van der Waals surface area contributed by atoms with Crippen LogP contribution in [0.5, 0.6) is 0 Å². The van der Waals surface area contributed by atoms with Crippen LogP contribution in [0.3, 0.4) is 0 Å². The Labute approximate surface area is 649 Å². The van der Waals surface area contributed by atoms with Gasteiger partial charge in [-0.15, -0.1) is 0 Å². The van der Waals surface area contributed by atoms with Crippen LogP contribution in [0.2, 0.25) is 0 Å². The lowest BCUT2D eigenvalue weighted by Crippen LogP contribution is -2.61. The van der Waals surface area contributed by atoms with Gasteiger partial charge in [-0.1, -0.05) is 310 Å². The molecule has 0 saturated carbocycles. The van der Waals surface area contributed by atoms with Crippen molar-refractivity contribution in [3.63, 3.8) is 0 Å². The normalized spacial score (nSPS) is 14.2. The van der Waals surface area contributed by atoms with Crippen LogP contribution in [0, 0.1) is 0 Å². The Bertz CT molecular complexity index is 6440. The van der Waals surface area contributed by atoms with E-state index in [0.29, 0.717) is 0 Å². The summed E-state index contributed by atoms with van der Waals surface area (Å²) < 4.78 is 5.12. The van der Waals surface area contributed by atoms with Gasteiger partial charge in [0, 0.05) is 66.8 Å². The summed E-state index contributed by atoms with van der Waals surface area (Å²) in [4.78, 5) is 5.42. The standard InChI is InChI=1S/C105H93BN4/c1-100(2,3)66-44-40-64(41-45-66)80-58-68(102(7,8)9)48-55-90(80)109-93-62-71(107-87-37-25-19-31-76(87)77-32-20-26-38-88(77)107)50-53-85(93)106-86-54-51-72(63-94(86)110(96-61-70(104(13,14)15)60-95(109)99(96)106)91-56-49-69(103(10,11)12)59-81(91)65-42-46-67(47-43-65)101(4,5)6)108-89-39-27-21-33-79(89)97-92(108)57-52-78-75-30-18-24-36-84(75)105(98(78)97)82-34-22-16-28-73(82)74-29-17-23-35-83(74)105/h16-63H,1-15H3. The third kappa shape index (κ3) is 9.91. The van der Waals surface area contributed by atoms with Gasteiger partial charge in [-0.2, -0.15) is 0 Å². The zero-order valence-electron chi connectivity index (χ0n) is 66.1. The van der Waals surface area contributed by atoms with Crippen molar-refractivity contribution in [3.05, 3.63) is 341 Å². The lowest BCUT2D eigenvalue weighted by molar-refractivity contribution is 0.589. The molecular weight excluding hydrogens is 1330 g/mol. The van der Waals surface area contributed by atoms with Gasteiger partial charge in [0.05, 0.1) is 38.9 Å². The molecular formula is C105H93BN4. The van der Waals surface area contributed by atoms with Crippen molar-refractivity contribution < 1.29 is 0 Å². The summed E-state index contributed by atoms with van der Waals surface area (Å²) in [5.74, 6) is 0. The monoisotopic (exact) mass is 1420 g/mol. The predicted octanol–water partition coefficient (Wildman–Crippen LogP) is 26.1. The Hall–Kier alpha value is -11.7. The maximum Gasteiger partial charge on any atom is 0.252 e. The largest absolute Gasteiger partial charge is 0.311 e. The molecule has 1 spiro atoms. The smallest absolute Gasteiger partial charge is 0.252 e. The molecule has 0 bridgehead atoms. The predicted molar refractivity (Wildman–Crippen MR) is 470 cm³/mol. The van der Waals surface area contributed by atoms with Gasteiger partial charge >= 0.3 is 0 Å². The second-order valence-corrected chi connectivity index (χ2v) is 36.9. The highest BCUT2D eigenvalue weighted by atomic mass is 15.2. The van der Waals surface area contributed by atoms with E-state index in [2.05, 4.69) is 414 Å². The van der Waals surface area contributed by atoms with Gasteiger partial charge in [0.25, 0.3) is 6.71 Å². The van der Waals surface area contributed by atoms with E-state index < -0.39 is 5.41 Å². The summed E-state index contributed by atoms with van der Waals surface area (Å²) in [6, 6.07) is 114. The first-order valence-electron chi connectivity index (χ1n) is 39.7. The third-order valence-electron chi connectivity index (χ3n) is 25.1. The molecule has 4 nitrogen and oxygen atoms in total. The van der Waals surface area contributed by atoms with Gasteiger partial charge in [-0.05, 0) is 212 Å². The summed E-state index contributed by atoms with van der Waals surface area (Å²) in [5.41, 5.74) is 38.4. The molecule has 0 unspecified atom stereocenters. The SMILES string of the molecule is CC(C)(C)c1ccc(-c2cc(C(C)(C)C)ccc2N2c3cc(-n4c5ccccc5c5ccccc54)ccc3B3c4ccc(-n5c6ccccc6c6c7c(ccc65)-c5ccccc5C75c6ccccc6-c6ccccc65)cc4N(c4ccc(C(C)(C)C)cc4-c4ccc(C(C)(C)C)cc4)c4cc(C(C)(C)C)cc2c43)cc1. The number of rotatable bonds is 6. The molecule has 0 N–H and O–H groups in total. The van der Waals surface area contributed by atoms with E-state index in [1.807, 2.05) is 0 Å². The molecule has 0 radical (unpaired) electrons. The van der Waals surface area contributed by atoms with Crippen LogP contribution in [0.25, 0.3) is 99.5 Å². The molecule has 2 aliphatic heterocycles. The number of nitrogens with zero attached hydrogens (tertiary/aromatic N) is 4. The zero-order valence-corrected chi connectivity index (χ0v) is 66.1. The number of hydrogen-bond donors (Lipinski definition) is 0. The molecule has 2 aliphatic carbocycles. The minimum Gasteiger partial charge on any atom is -0.311 e. The van der Waals surface area contributed by atoms with Gasteiger partial charge in [0.15, 0.2) is 0 Å². The Balaban J connectivity index is 0.911. The van der Waals surface area contributed by atoms with Crippen LogP contribution in [-0.2, 0) is 32.5 Å². The molecule has 0 fully saturated rings. The number of fused-ring (bicyclic) bond motifs is 21. The first kappa shape index (κ1) is 67.7. The second-order valence-electron chi connectivity index (χ2n) is 36.9. The Morgan fingerprint density at radius 3 is 1.05 bits per heavy atom. The Morgan fingerprint density at radius 2 is 0.618 bits per heavy atom. The Kier molecular flexibility index (Phi) is 14.6. The zero-order chi connectivity index (χ0) is 75.6. The van der Waals surface area contributed by atoms with Crippen LogP contribution in [0.15, 0.2) is 291 Å². The third-order valence-corrected chi connectivity index (χ3v) is 25.1.